The minimum absolute atomic E-state index is 0. The molecule has 10 heavy (non-hydrogen) atoms. The SMILES string of the molecule is [C-]#CC#CCC(=O)O.[CH3-].[Y]. The van der Waals surface area contributed by atoms with Crippen LogP contribution < -0.4 is 0 Å². The molecule has 0 rings (SSSR count). The van der Waals surface area contributed by atoms with Gasteiger partial charge < -0.3 is 19.0 Å². The number of rotatable bonds is 1. The van der Waals surface area contributed by atoms with Crippen LogP contribution in [0.15, 0.2) is 0 Å². The molecule has 0 saturated carbocycles. The first-order chi connectivity index (χ1) is 3.77. The van der Waals surface area contributed by atoms with Gasteiger partial charge in [-0.1, -0.05) is 0 Å². The Morgan fingerprint density at radius 1 is 1.60 bits per heavy atom. The fourth-order valence-electron chi connectivity index (χ4n) is 0.164. The second kappa shape index (κ2) is 11.5. The van der Waals surface area contributed by atoms with Gasteiger partial charge in [-0.3, -0.25) is 16.6 Å². The molecule has 0 unspecified atom stereocenters. The number of hydrogen-bond acceptors (Lipinski definition) is 1. The van der Waals surface area contributed by atoms with Crippen LogP contribution in [-0.2, 0) is 37.5 Å². The third-order valence-electron chi connectivity index (χ3n) is 0.391. The first-order valence-electron chi connectivity index (χ1n) is 1.88. The second-order valence-corrected chi connectivity index (χ2v) is 0.997. The van der Waals surface area contributed by atoms with Crippen molar-refractivity contribution >= 4 is 5.97 Å². The van der Waals surface area contributed by atoms with E-state index in [0.29, 0.717) is 0 Å². The topological polar surface area (TPSA) is 37.3 Å². The average Bonchev–Trinajstić information content (AvgIpc) is 1.66. The zero-order valence-corrected chi connectivity index (χ0v) is 8.48. The van der Waals surface area contributed by atoms with Crippen molar-refractivity contribution in [3.8, 4) is 17.8 Å². The molecule has 51 valence electrons. The van der Waals surface area contributed by atoms with Crippen LogP contribution in [0.3, 0.4) is 0 Å². The first kappa shape index (κ1) is 16.4. The smallest absolute Gasteiger partial charge is 0.313 e. The van der Waals surface area contributed by atoms with Crippen molar-refractivity contribution in [3.05, 3.63) is 13.9 Å². The van der Waals surface area contributed by atoms with E-state index in [0.717, 1.165) is 0 Å². The van der Waals surface area contributed by atoms with Crippen LogP contribution in [0.25, 0.3) is 0 Å². The van der Waals surface area contributed by atoms with Gasteiger partial charge in [0, 0.05) is 32.7 Å². The number of carbonyl (C=O) groups is 1. The normalized spacial score (nSPS) is 4.70. The summed E-state index contributed by atoms with van der Waals surface area (Å²) < 4.78 is 0. The van der Waals surface area contributed by atoms with E-state index in [1.807, 2.05) is 0 Å². The van der Waals surface area contributed by atoms with Gasteiger partial charge in [-0.2, -0.15) is 5.92 Å². The van der Waals surface area contributed by atoms with E-state index in [1.165, 1.54) is 0 Å². The predicted octanol–water partition coefficient (Wildman–Crippen LogP) is 0.502. The molecular weight excluding hydrogens is 205 g/mol. The van der Waals surface area contributed by atoms with E-state index in [2.05, 4.69) is 11.8 Å². The molecule has 0 amide bonds. The Morgan fingerprint density at radius 3 is 2.40 bits per heavy atom. The van der Waals surface area contributed by atoms with Gasteiger partial charge >= 0.3 is 5.97 Å². The summed E-state index contributed by atoms with van der Waals surface area (Å²) in [6.07, 6.45) is 6.01. The fourth-order valence-corrected chi connectivity index (χ4v) is 0.164. The summed E-state index contributed by atoms with van der Waals surface area (Å²) in [6, 6.07) is 0. The van der Waals surface area contributed by atoms with E-state index in [-0.39, 0.29) is 46.6 Å². The summed E-state index contributed by atoms with van der Waals surface area (Å²) in [7, 11) is 0. The minimum Gasteiger partial charge on any atom is -0.481 e. The van der Waals surface area contributed by atoms with Crippen LogP contribution >= 0.6 is 0 Å². The summed E-state index contributed by atoms with van der Waals surface area (Å²) in [5.41, 5.74) is 0. The minimum atomic E-state index is -0.979. The zero-order valence-electron chi connectivity index (χ0n) is 5.64. The summed E-state index contributed by atoms with van der Waals surface area (Å²) in [4.78, 5) is 9.68. The molecule has 0 saturated heterocycles. The third kappa shape index (κ3) is 15.6. The summed E-state index contributed by atoms with van der Waals surface area (Å²) in [5.74, 6) is 5.02. The molecule has 0 aromatic rings. The van der Waals surface area contributed by atoms with Crippen LogP contribution in [-0.4, -0.2) is 11.1 Å². The number of aliphatic carboxylic acids is 1. The average molecular weight is 211 g/mol. The third-order valence-corrected chi connectivity index (χ3v) is 0.391. The van der Waals surface area contributed by atoms with Crippen LogP contribution in [0.2, 0.25) is 0 Å². The van der Waals surface area contributed by atoms with Gasteiger partial charge in [-0.05, 0) is 0 Å². The Labute approximate surface area is 86.3 Å². The molecule has 0 aliphatic rings. The van der Waals surface area contributed by atoms with Crippen LogP contribution in [0, 0.1) is 31.6 Å². The zero-order chi connectivity index (χ0) is 6.41. The van der Waals surface area contributed by atoms with Gasteiger partial charge in [-0.15, -0.1) is 0 Å². The largest absolute Gasteiger partial charge is 0.481 e. The molecule has 0 aliphatic carbocycles. The molecule has 0 bridgehead atoms. The maximum absolute atomic E-state index is 9.68. The Balaban J connectivity index is -0.000000245. The van der Waals surface area contributed by atoms with Gasteiger partial charge in [0.1, 0.15) is 0 Å². The first-order valence-corrected chi connectivity index (χ1v) is 1.88. The molecule has 3 heteroatoms. The molecule has 1 N–H and O–H groups in total. The van der Waals surface area contributed by atoms with Gasteiger partial charge in [0.25, 0.3) is 0 Å². The van der Waals surface area contributed by atoms with Crippen molar-refractivity contribution in [2.45, 2.75) is 6.42 Å². The monoisotopic (exact) mass is 211 g/mol. The summed E-state index contributed by atoms with van der Waals surface area (Å²) in [5, 5.41) is 7.95. The van der Waals surface area contributed by atoms with Crippen molar-refractivity contribution in [1.29, 1.82) is 0 Å². The van der Waals surface area contributed by atoms with E-state index in [4.69, 9.17) is 11.5 Å². The maximum Gasteiger partial charge on any atom is 0.313 e. The number of carboxylic acid groups (broad SMARTS) is 1. The standard InChI is InChI=1S/C6H3O2.CH3.Y/c1-2-3-4-5-6(7)8;;/h5H2,(H,7,8);1H3;/q2*-1;. The quantitative estimate of drug-likeness (QED) is 0.506. The van der Waals surface area contributed by atoms with Crippen molar-refractivity contribution in [2.24, 2.45) is 0 Å². The van der Waals surface area contributed by atoms with E-state index in [1.54, 1.807) is 5.92 Å². The van der Waals surface area contributed by atoms with Crippen molar-refractivity contribution in [1.82, 2.24) is 0 Å². The second-order valence-electron chi connectivity index (χ2n) is 0.997. The summed E-state index contributed by atoms with van der Waals surface area (Å²) >= 11 is 0. The number of hydrogen-bond donors (Lipinski definition) is 1. The molecule has 2 nitrogen and oxygen atoms in total. The predicted molar refractivity (Wildman–Crippen MR) is 33.6 cm³/mol. The van der Waals surface area contributed by atoms with Crippen molar-refractivity contribution in [2.75, 3.05) is 0 Å². The van der Waals surface area contributed by atoms with Crippen molar-refractivity contribution < 1.29 is 42.6 Å². The molecule has 0 atom stereocenters. The Bertz CT molecular complexity index is 180. The summed E-state index contributed by atoms with van der Waals surface area (Å²) in [6.45, 7) is 0. The molecular formula is C7H6O2Y-2. The molecule has 0 spiro atoms. The van der Waals surface area contributed by atoms with Crippen LogP contribution in [0.1, 0.15) is 6.42 Å². The van der Waals surface area contributed by atoms with Gasteiger partial charge in [0.05, 0.1) is 6.42 Å². The fraction of sp³-hybridized carbons (Fsp3) is 0.143. The van der Waals surface area contributed by atoms with E-state index < -0.39 is 5.97 Å². The van der Waals surface area contributed by atoms with Gasteiger partial charge in [0.15, 0.2) is 0 Å². The number of carboxylic acids is 1. The van der Waals surface area contributed by atoms with Crippen LogP contribution in [0.4, 0.5) is 0 Å². The molecule has 1 radical (unpaired) electrons. The molecule has 0 aromatic carbocycles. The van der Waals surface area contributed by atoms with Crippen molar-refractivity contribution in [3.63, 3.8) is 0 Å². The molecule has 0 aliphatic heterocycles. The van der Waals surface area contributed by atoms with Crippen LogP contribution in [0.5, 0.6) is 0 Å². The van der Waals surface area contributed by atoms with E-state index >= 15 is 0 Å². The molecule has 0 heterocycles. The van der Waals surface area contributed by atoms with Gasteiger partial charge in [-0.25, -0.2) is 0 Å². The van der Waals surface area contributed by atoms with E-state index in [9.17, 15) is 4.79 Å². The molecule has 0 aromatic heterocycles. The van der Waals surface area contributed by atoms with Gasteiger partial charge in [0.2, 0.25) is 0 Å². The Morgan fingerprint density at radius 2 is 2.10 bits per heavy atom. The Hall–Kier alpha value is -0.306. The maximum atomic E-state index is 9.68. The molecule has 0 fully saturated rings. The Kier molecular flexibility index (Phi) is 18.8.